The molecule has 0 saturated carbocycles. The lowest BCUT2D eigenvalue weighted by Gasteiger charge is -2.18. The highest BCUT2D eigenvalue weighted by Crippen LogP contribution is 2.33. The van der Waals surface area contributed by atoms with Gasteiger partial charge in [0.25, 0.3) is 0 Å². The van der Waals surface area contributed by atoms with Crippen LogP contribution in [-0.2, 0) is 17.8 Å². The van der Waals surface area contributed by atoms with E-state index in [-0.39, 0.29) is 12.3 Å². The number of aryl methyl sites for hydroxylation is 1. The van der Waals surface area contributed by atoms with Crippen LogP contribution in [0.2, 0.25) is 0 Å². The van der Waals surface area contributed by atoms with Crippen LogP contribution >= 0.6 is 11.3 Å². The number of benzene rings is 2. The Labute approximate surface area is 169 Å². The second kappa shape index (κ2) is 8.89. The summed E-state index contributed by atoms with van der Waals surface area (Å²) in [5.41, 5.74) is 4.06. The van der Waals surface area contributed by atoms with Crippen LogP contribution in [0.4, 0.5) is 0 Å². The Morgan fingerprint density at radius 2 is 1.86 bits per heavy atom. The van der Waals surface area contributed by atoms with E-state index in [2.05, 4.69) is 24.0 Å². The largest absolute Gasteiger partial charge is 0.493 e. The second-order valence-corrected chi connectivity index (χ2v) is 7.42. The maximum atomic E-state index is 12.6. The Morgan fingerprint density at radius 1 is 1.11 bits per heavy atom. The molecule has 0 unspecified atom stereocenters. The second-order valence-electron chi connectivity index (χ2n) is 6.57. The Balaban J connectivity index is 1.69. The van der Waals surface area contributed by atoms with E-state index in [9.17, 15) is 4.79 Å². The fourth-order valence-corrected chi connectivity index (χ4v) is 3.73. The molecule has 0 aliphatic heterocycles. The summed E-state index contributed by atoms with van der Waals surface area (Å²) in [6, 6.07) is 13.8. The van der Waals surface area contributed by atoms with Gasteiger partial charge in [-0.25, -0.2) is 4.98 Å². The minimum absolute atomic E-state index is 0.0485. The molecule has 3 rings (SSSR count). The number of carbonyl (C=O) groups is 1. The van der Waals surface area contributed by atoms with Gasteiger partial charge in [-0.1, -0.05) is 24.3 Å². The summed E-state index contributed by atoms with van der Waals surface area (Å²) >= 11 is 1.52. The van der Waals surface area contributed by atoms with Crippen LogP contribution < -0.4 is 9.47 Å². The molecule has 6 heteroatoms. The minimum Gasteiger partial charge on any atom is -0.493 e. The van der Waals surface area contributed by atoms with Gasteiger partial charge >= 0.3 is 0 Å². The predicted molar refractivity (Wildman–Crippen MR) is 112 cm³/mol. The molecule has 0 fully saturated rings. The van der Waals surface area contributed by atoms with Crippen molar-refractivity contribution in [2.75, 3.05) is 21.3 Å². The van der Waals surface area contributed by atoms with Crippen LogP contribution in [0.3, 0.4) is 0 Å². The van der Waals surface area contributed by atoms with Crippen LogP contribution in [-0.4, -0.2) is 37.1 Å². The summed E-state index contributed by atoms with van der Waals surface area (Å²) in [6.07, 6.45) is 0.284. The van der Waals surface area contributed by atoms with Crippen molar-refractivity contribution in [2.45, 2.75) is 19.9 Å². The number of rotatable bonds is 7. The molecular formula is C22H24N2O3S. The first kappa shape index (κ1) is 19.9. The van der Waals surface area contributed by atoms with Gasteiger partial charge < -0.3 is 14.4 Å². The maximum Gasteiger partial charge on any atom is 0.228 e. The molecule has 0 saturated heterocycles. The zero-order valence-electron chi connectivity index (χ0n) is 16.6. The van der Waals surface area contributed by atoms with Crippen LogP contribution in [0.1, 0.15) is 16.8 Å². The van der Waals surface area contributed by atoms with Crippen molar-refractivity contribution < 1.29 is 14.3 Å². The van der Waals surface area contributed by atoms with E-state index in [4.69, 9.17) is 9.47 Å². The summed E-state index contributed by atoms with van der Waals surface area (Å²) in [6.45, 7) is 2.65. The molecule has 0 N–H and O–H groups in total. The fourth-order valence-electron chi connectivity index (χ4n) is 2.91. The van der Waals surface area contributed by atoms with Crippen LogP contribution in [0, 0.1) is 6.92 Å². The molecule has 2 aromatic carbocycles. The van der Waals surface area contributed by atoms with Crippen molar-refractivity contribution in [3.05, 3.63) is 64.7 Å². The number of methoxy groups -OCH3 is 2. The van der Waals surface area contributed by atoms with E-state index in [1.165, 1.54) is 16.9 Å². The van der Waals surface area contributed by atoms with E-state index in [0.717, 1.165) is 21.8 Å². The van der Waals surface area contributed by atoms with Gasteiger partial charge in [-0.3, -0.25) is 4.79 Å². The SMILES string of the molecule is COc1ccc(-c2nc(CC(=O)N(C)Cc3ccccc3C)cs2)cc1OC. The lowest BCUT2D eigenvalue weighted by molar-refractivity contribution is -0.129. The molecule has 0 spiro atoms. The highest BCUT2D eigenvalue weighted by molar-refractivity contribution is 7.13. The van der Waals surface area contributed by atoms with Crippen LogP contribution in [0.15, 0.2) is 47.8 Å². The van der Waals surface area contributed by atoms with Gasteiger partial charge in [0, 0.05) is 24.5 Å². The molecule has 146 valence electrons. The Hall–Kier alpha value is -2.86. The first-order valence-electron chi connectivity index (χ1n) is 8.97. The molecule has 0 bridgehead atoms. The van der Waals surface area contributed by atoms with Crippen molar-refractivity contribution in [2.24, 2.45) is 0 Å². The monoisotopic (exact) mass is 396 g/mol. The third-order valence-corrected chi connectivity index (χ3v) is 5.55. The summed E-state index contributed by atoms with van der Waals surface area (Å²) in [7, 11) is 5.05. The molecule has 5 nitrogen and oxygen atoms in total. The van der Waals surface area contributed by atoms with Gasteiger partial charge in [0.15, 0.2) is 11.5 Å². The standard InChI is InChI=1S/C22H24N2O3S/c1-15-7-5-6-8-17(15)13-24(2)21(25)12-18-14-28-22(23-18)16-9-10-19(26-3)20(11-16)27-4/h5-11,14H,12-13H2,1-4H3. The van der Waals surface area contributed by atoms with Crippen LogP contribution in [0.25, 0.3) is 10.6 Å². The number of ether oxygens (including phenoxy) is 2. The number of amides is 1. The van der Waals surface area contributed by atoms with Gasteiger partial charge in [-0.2, -0.15) is 0 Å². The van der Waals surface area contributed by atoms with Gasteiger partial charge in [0.2, 0.25) is 5.91 Å². The van der Waals surface area contributed by atoms with Gasteiger partial charge in [0.1, 0.15) is 5.01 Å². The number of aromatic nitrogens is 1. The predicted octanol–water partition coefficient (Wildman–Crippen LogP) is 4.34. The van der Waals surface area contributed by atoms with E-state index in [1.54, 1.807) is 19.1 Å². The number of carbonyl (C=O) groups excluding carboxylic acids is 1. The molecule has 1 amide bonds. The third-order valence-electron chi connectivity index (χ3n) is 4.61. The van der Waals surface area contributed by atoms with Crippen molar-refractivity contribution >= 4 is 17.2 Å². The van der Waals surface area contributed by atoms with E-state index < -0.39 is 0 Å². The lowest BCUT2D eigenvalue weighted by atomic mass is 10.1. The topological polar surface area (TPSA) is 51.7 Å². The molecule has 28 heavy (non-hydrogen) atoms. The Morgan fingerprint density at radius 3 is 2.57 bits per heavy atom. The zero-order valence-corrected chi connectivity index (χ0v) is 17.4. The summed E-state index contributed by atoms with van der Waals surface area (Å²) in [5.74, 6) is 1.38. The first-order chi connectivity index (χ1) is 13.5. The molecule has 0 radical (unpaired) electrons. The fraction of sp³-hybridized carbons (Fsp3) is 0.273. The molecule has 3 aromatic rings. The quantitative estimate of drug-likeness (QED) is 0.596. The van der Waals surface area contributed by atoms with Gasteiger partial charge in [-0.15, -0.1) is 11.3 Å². The van der Waals surface area contributed by atoms with Gasteiger partial charge in [0.05, 0.1) is 26.3 Å². The normalized spacial score (nSPS) is 10.6. The maximum absolute atomic E-state index is 12.6. The zero-order chi connectivity index (χ0) is 20.1. The molecule has 0 aliphatic carbocycles. The molecular weight excluding hydrogens is 372 g/mol. The minimum atomic E-state index is 0.0485. The smallest absolute Gasteiger partial charge is 0.228 e. The van der Waals surface area contributed by atoms with E-state index in [1.807, 2.05) is 42.8 Å². The third kappa shape index (κ3) is 4.51. The van der Waals surface area contributed by atoms with Crippen molar-refractivity contribution in [3.8, 4) is 22.1 Å². The molecule has 1 aromatic heterocycles. The number of likely N-dealkylation sites (N-methyl/N-ethyl adjacent to an activating group) is 1. The number of hydrogen-bond donors (Lipinski definition) is 0. The number of nitrogens with zero attached hydrogens (tertiary/aromatic N) is 2. The number of thiazole rings is 1. The van der Waals surface area contributed by atoms with Crippen LogP contribution in [0.5, 0.6) is 11.5 Å². The van der Waals surface area contributed by atoms with Crippen molar-refractivity contribution in [3.63, 3.8) is 0 Å². The highest BCUT2D eigenvalue weighted by atomic mass is 32.1. The summed E-state index contributed by atoms with van der Waals surface area (Å²) in [5, 5.41) is 2.79. The average molecular weight is 397 g/mol. The molecule has 0 aliphatic rings. The molecule has 1 heterocycles. The van der Waals surface area contributed by atoms with Gasteiger partial charge in [-0.05, 0) is 36.2 Å². The molecule has 0 atom stereocenters. The highest BCUT2D eigenvalue weighted by Gasteiger charge is 2.15. The summed E-state index contributed by atoms with van der Waals surface area (Å²) < 4.78 is 10.6. The lowest BCUT2D eigenvalue weighted by Crippen LogP contribution is -2.28. The first-order valence-corrected chi connectivity index (χ1v) is 9.85. The van der Waals surface area contributed by atoms with E-state index in [0.29, 0.717) is 18.0 Å². The van der Waals surface area contributed by atoms with E-state index >= 15 is 0 Å². The number of hydrogen-bond acceptors (Lipinski definition) is 5. The van der Waals surface area contributed by atoms with Crippen molar-refractivity contribution in [1.29, 1.82) is 0 Å². The Bertz CT molecular complexity index is 968. The summed E-state index contributed by atoms with van der Waals surface area (Å²) in [4.78, 5) is 19.0. The Kier molecular flexibility index (Phi) is 6.31. The average Bonchev–Trinajstić information content (AvgIpc) is 3.17. The van der Waals surface area contributed by atoms with Crippen molar-refractivity contribution in [1.82, 2.24) is 9.88 Å².